The smallest absolute Gasteiger partial charge is 0.306 e. The zero-order chi connectivity index (χ0) is 19.2. The monoisotopic (exact) mass is 388 g/mol. The number of carbonyl (C=O) groups excluding carboxylic acids is 2. The first-order chi connectivity index (χ1) is 13.5. The van der Waals surface area contributed by atoms with Gasteiger partial charge in [0, 0.05) is 42.9 Å². The van der Waals surface area contributed by atoms with Gasteiger partial charge in [0.05, 0.1) is 11.5 Å². The second kappa shape index (κ2) is 5.94. The van der Waals surface area contributed by atoms with Crippen LogP contribution in [0, 0.1) is 35.5 Å². The highest BCUT2D eigenvalue weighted by Gasteiger charge is 2.65. The summed E-state index contributed by atoms with van der Waals surface area (Å²) >= 11 is 0. The molecule has 0 aromatic rings. The van der Waals surface area contributed by atoms with E-state index in [9.17, 15) is 14.7 Å². The standard InChI is InChI=1S/C22H32N2O4/c1-11-4-5-16-19-13(11)3-2-6-22(19,27)15-9-24-17(20(15)23-16)7-12-8-18(25)28-10-14(12)21(24)26/h11-17,19-20,23,27H,2-10H2,1H3. The maximum atomic E-state index is 13.3. The number of cyclic esters (lactones) is 1. The van der Waals surface area contributed by atoms with Crippen LogP contribution in [0.2, 0.25) is 0 Å². The molecule has 28 heavy (non-hydrogen) atoms. The SMILES string of the molecule is CC1CCC2NC3C4CC5CC(=O)OCC5C(=O)N4CC3C3(O)CCCC1C23. The minimum Gasteiger partial charge on any atom is -0.465 e. The summed E-state index contributed by atoms with van der Waals surface area (Å²) in [4.78, 5) is 27.1. The van der Waals surface area contributed by atoms with Gasteiger partial charge in [0.1, 0.15) is 6.61 Å². The molecule has 0 bridgehead atoms. The molecule has 6 aliphatic rings. The Kier molecular flexibility index (Phi) is 3.76. The van der Waals surface area contributed by atoms with E-state index >= 15 is 0 Å². The minimum atomic E-state index is -0.646. The van der Waals surface area contributed by atoms with Gasteiger partial charge in [-0.2, -0.15) is 0 Å². The molecular formula is C22H32N2O4. The Morgan fingerprint density at radius 3 is 2.96 bits per heavy atom. The Balaban J connectivity index is 1.35. The van der Waals surface area contributed by atoms with Gasteiger partial charge in [-0.1, -0.05) is 13.3 Å². The van der Waals surface area contributed by atoms with Gasteiger partial charge in [-0.05, 0) is 49.9 Å². The first-order valence-corrected chi connectivity index (χ1v) is 11.4. The van der Waals surface area contributed by atoms with E-state index in [2.05, 4.69) is 12.2 Å². The summed E-state index contributed by atoms with van der Waals surface area (Å²) in [6.07, 6.45) is 6.82. The zero-order valence-electron chi connectivity index (χ0n) is 16.7. The van der Waals surface area contributed by atoms with Gasteiger partial charge in [0.15, 0.2) is 0 Å². The molecule has 0 aromatic heterocycles. The molecule has 154 valence electrons. The number of aliphatic hydroxyl groups is 1. The third kappa shape index (κ3) is 2.22. The molecule has 4 heterocycles. The van der Waals surface area contributed by atoms with Crippen LogP contribution in [-0.4, -0.2) is 58.8 Å². The topological polar surface area (TPSA) is 78.9 Å². The molecule has 1 amide bonds. The Morgan fingerprint density at radius 2 is 2.11 bits per heavy atom. The van der Waals surface area contributed by atoms with Crippen LogP contribution in [0.1, 0.15) is 51.9 Å². The van der Waals surface area contributed by atoms with E-state index in [1.165, 1.54) is 12.8 Å². The third-order valence-corrected chi connectivity index (χ3v) is 9.51. The predicted octanol–water partition coefficient (Wildman–Crippen LogP) is 1.31. The van der Waals surface area contributed by atoms with Crippen molar-refractivity contribution >= 4 is 11.9 Å². The van der Waals surface area contributed by atoms with E-state index in [1.54, 1.807) is 0 Å². The quantitative estimate of drug-likeness (QED) is 0.612. The first kappa shape index (κ1) is 17.7. The lowest BCUT2D eigenvalue weighted by Crippen LogP contribution is -2.71. The summed E-state index contributed by atoms with van der Waals surface area (Å²) in [5.41, 5.74) is -0.646. The van der Waals surface area contributed by atoms with Crippen LogP contribution in [-0.2, 0) is 14.3 Å². The molecule has 2 N–H and O–H groups in total. The normalized spacial score (nSPS) is 54.9. The molecule has 0 spiro atoms. The Labute approximate surface area is 166 Å². The van der Waals surface area contributed by atoms with E-state index < -0.39 is 5.60 Å². The van der Waals surface area contributed by atoms with Crippen LogP contribution in [0.15, 0.2) is 0 Å². The molecule has 2 saturated carbocycles. The number of fused-ring (bicyclic) bond motifs is 5. The van der Waals surface area contributed by atoms with E-state index in [-0.39, 0.29) is 48.3 Å². The van der Waals surface area contributed by atoms with Crippen LogP contribution < -0.4 is 5.32 Å². The van der Waals surface area contributed by atoms with Crippen molar-refractivity contribution in [3.63, 3.8) is 0 Å². The van der Waals surface area contributed by atoms with E-state index in [1.807, 2.05) is 4.90 Å². The van der Waals surface area contributed by atoms with E-state index in [0.29, 0.717) is 36.8 Å². The lowest BCUT2D eigenvalue weighted by molar-refractivity contribution is -0.172. The molecule has 4 aliphatic heterocycles. The number of nitrogens with one attached hydrogen (secondary N) is 1. The summed E-state index contributed by atoms with van der Waals surface area (Å²) in [6, 6.07) is 0.660. The van der Waals surface area contributed by atoms with Crippen molar-refractivity contribution < 1.29 is 19.4 Å². The van der Waals surface area contributed by atoms with Crippen molar-refractivity contribution in [2.24, 2.45) is 35.5 Å². The molecule has 10 unspecified atom stereocenters. The highest BCUT2D eigenvalue weighted by Crippen LogP contribution is 2.57. The number of amides is 1. The lowest BCUT2D eigenvalue weighted by Gasteiger charge is -2.60. The fourth-order valence-electron chi connectivity index (χ4n) is 8.25. The number of piperidine rings is 2. The van der Waals surface area contributed by atoms with Crippen molar-refractivity contribution in [2.75, 3.05) is 13.2 Å². The zero-order valence-corrected chi connectivity index (χ0v) is 16.7. The van der Waals surface area contributed by atoms with Gasteiger partial charge < -0.3 is 20.1 Å². The van der Waals surface area contributed by atoms with Gasteiger partial charge in [-0.15, -0.1) is 0 Å². The number of ether oxygens (including phenoxy) is 1. The Hall–Kier alpha value is -1.14. The maximum Gasteiger partial charge on any atom is 0.306 e. The fraction of sp³-hybridized carbons (Fsp3) is 0.909. The van der Waals surface area contributed by atoms with Crippen LogP contribution in [0.25, 0.3) is 0 Å². The molecule has 0 aromatic carbocycles. The average molecular weight is 389 g/mol. The molecule has 2 aliphatic carbocycles. The summed E-state index contributed by atoms with van der Waals surface area (Å²) in [5, 5.41) is 16.0. The largest absolute Gasteiger partial charge is 0.465 e. The molecule has 6 fully saturated rings. The molecule has 0 radical (unpaired) electrons. The number of hydrogen-bond acceptors (Lipinski definition) is 5. The highest BCUT2D eigenvalue weighted by molar-refractivity contribution is 5.83. The van der Waals surface area contributed by atoms with Crippen LogP contribution >= 0.6 is 0 Å². The van der Waals surface area contributed by atoms with Gasteiger partial charge in [0.25, 0.3) is 0 Å². The molecule has 6 heteroatoms. The van der Waals surface area contributed by atoms with Crippen LogP contribution in [0.4, 0.5) is 0 Å². The summed E-state index contributed by atoms with van der Waals surface area (Å²) in [7, 11) is 0. The fourth-order valence-corrected chi connectivity index (χ4v) is 8.25. The summed E-state index contributed by atoms with van der Waals surface area (Å²) in [5.74, 6) is 1.65. The second-order valence-corrected chi connectivity index (χ2v) is 10.6. The van der Waals surface area contributed by atoms with Gasteiger partial charge >= 0.3 is 5.97 Å². The maximum absolute atomic E-state index is 13.3. The number of esters is 1. The average Bonchev–Trinajstić information content (AvgIpc) is 3.04. The molecule has 6 nitrogen and oxygen atoms in total. The summed E-state index contributed by atoms with van der Waals surface area (Å²) in [6.45, 7) is 3.27. The molecule has 4 saturated heterocycles. The number of hydrogen-bond donors (Lipinski definition) is 2. The number of rotatable bonds is 0. The molecular weight excluding hydrogens is 356 g/mol. The Morgan fingerprint density at radius 1 is 1.25 bits per heavy atom. The first-order valence-electron chi connectivity index (χ1n) is 11.4. The van der Waals surface area contributed by atoms with E-state index in [0.717, 1.165) is 25.7 Å². The molecule has 6 rings (SSSR count). The van der Waals surface area contributed by atoms with Crippen molar-refractivity contribution in [3.8, 4) is 0 Å². The van der Waals surface area contributed by atoms with Crippen molar-refractivity contribution in [2.45, 2.75) is 75.6 Å². The van der Waals surface area contributed by atoms with Gasteiger partial charge in [0.2, 0.25) is 5.91 Å². The third-order valence-electron chi connectivity index (χ3n) is 9.51. The lowest BCUT2D eigenvalue weighted by atomic mass is 9.52. The van der Waals surface area contributed by atoms with Gasteiger partial charge in [-0.25, -0.2) is 0 Å². The predicted molar refractivity (Wildman–Crippen MR) is 101 cm³/mol. The van der Waals surface area contributed by atoms with Crippen LogP contribution in [0.5, 0.6) is 0 Å². The second-order valence-electron chi connectivity index (χ2n) is 10.6. The van der Waals surface area contributed by atoms with Crippen molar-refractivity contribution in [1.29, 1.82) is 0 Å². The van der Waals surface area contributed by atoms with E-state index in [4.69, 9.17) is 4.74 Å². The highest BCUT2D eigenvalue weighted by atomic mass is 16.5. The minimum absolute atomic E-state index is 0.105. The van der Waals surface area contributed by atoms with Gasteiger partial charge in [-0.3, -0.25) is 9.59 Å². The van der Waals surface area contributed by atoms with Crippen molar-refractivity contribution in [3.05, 3.63) is 0 Å². The number of nitrogens with zero attached hydrogens (tertiary/aromatic N) is 1. The Bertz CT molecular complexity index is 713. The van der Waals surface area contributed by atoms with Crippen molar-refractivity contribution in [1.82, 2.24) is 10.2 Å². The molecule has 10 atom stereocenters. The number of carbonyl (C=O) groups is 2. The van der Waals surface area contributed by atoms with Crippen LogP contribution in [0.3, 0.4) is 0 Å². The summed E-state index contributed by atoms with van der Waals surface area (Å²) < 4.78 is 5.21.